The normalized spacial score (nSPS) is 24.5. The minimum Gasteiger partial charge on any atom is -0.326 e. The molecule has 0 aromatic carbocycles. The molecule has 0 bridgehead atoms. The van der Waals surface area contributed by atoms with Crippen molar-refractivity contribution in [3.63, 3.8) is 0 Å². The second kappa shape index (κ2) is 6.17. The molecule has 0 spiro atoms. The Morgan fingerprint density at radius 1 is 1.41 bits per heavy atom. The lowest BCUT2D eigenvalue weighted by Crippen LogP contribution is -2.47. The van der Waals surface area contributed by atoms with Crippen LogP contribution in [0.25, 0.3) is 0 Å². The average molecular weight is 241 g/mol. The van der Waals surface area contributed by atoms with Gasteiger partial charge in [-0.3, -0.25) is 4.90 Å². The molecule has 0 aromatic rings. The number of likely N-dealkylation sites (N-methyl/N-ethyl adjacent to an activating group) is 2. The minimum absolute atomic E-state index is 0.203. The topological polar surface area (TPSA) is 32.5 Å². The molecule has 0 aliphatic carbocycles. The Balaban J connectivity index is 2.36. The molecule has 1 saturated heterocycles. The molecule has 2 N–H and O–H groups in total. The van der Waals surface area contributed by atoms with Gasteiger partial charge in [0.05, 0.1) is 0 Å². The highest BCUT2D eigenvalue weighted by Gasteiger charge is 2.26. The van der Waals surface area contributed by atoms with E-state index < -0.39 is 0 Å². The molecule has 0 amide bonds. The molecule has 0 radical (unpaired) electrons. The van der Waals surface area contributed by atoms with Crippen LogP contribution in [-0.4, -0.2) is 55.1 Å². The summed E-state index contributed by atoms with van der Waals surface area (Å²) in [4.78, 5) is 5.01. The second-order valence-electron chi connectivity index (χ2n) is 6.62. The van der Waals surface area contributed by atoms with Crippen molar-refractivity contribution < 1.29 is 0 Å². The number of nitrogens with two attached hydrogens (primary N) is 1. The first kappa shape index (κ1) is 14.9. The predicted molar refractivity (Wildman–Crippen MR) is 75.2 cm³/mol. The molecule has 3 nitrogen and oxygen atoms in total. The zero-order valence-electron chi connectivity index (χ0n) is 12.4. The van der Waals surface area contributed by atoms with E-state index in [9.17, 15) is 0 Å². The van der Waals surface area contributed by atoms with E-state index in [2.05, 4.69) is 44.5 Å². The van der Waals surface area contributed by atoms with Crippen molar-refractivity contribution in [3.05, 3.63) is 0 Å². The van der Waals surface area contributed by atoms with Crippen molar-refractivity contribution in [1.29, 1.82) is 0 Å². The second-order valence-corrected chi connectivity index (χ2v) is 6.62. The molecular formula is C14H31N3. The summed E-state index contributed by atoms with van der Waals surface area (Å²) in [5.74, 6) is 0. The van der Waals surface area contributed by atoms with Crippen LogP contribution in [0.3, 0.4) is 0 Å². The highest BCUT2D eigenvalue weighted by atomic mass is 15.2. The Labute approximate surface area is 107 Å². The Morgan fingerprint density at radius 2 is 2.06 bits per heavy atom. The van der Waals surface area contributed by atoms with Gasteiger partial charge in [0.1, 0.15) is 0 Å². The Morgan fingerprint density at radius 3 is 2.59 bits per heavy atom. The van der Waals surface area contributed by atoms with Gasteiger partial charge in [-0.2, -0.15) is 0 Å². The van der Waals surface area contributed by atoms with Crippen LogP contribution in [0.5, 0.6) is 0 Å². The monoisotopic (exact) mass is 241 g/mol. The third-order valence-electron chi connectivity index (χ3n) is 4.05. The number of hydrogen-bond acceptors (Lipinski definition) is 3. The van der Waals surface area contributed by atoms with Crippen molar-refractivity contribution in [1.82, 2.24) is 9.80 Å². The maximum absolute atomic E-state index is 6.24. The van der Waals surface area contributed by atoms with Gasteiger partial charge in [0, 0.05) is 25.2 Å². The minimum atomic E-state index is 0.203. The molecule has 3 heteroatoms. The van der Waals surface area contributed by atoms with Crippen LogP contribution in [0.15, 0.2) is 0 Å². The number of rotatable bonds is 5. The average Bonchev–Trinajstić information content (AvgIpc) is 2.63. The van der Waals surface area contributed by atoms with E-state index in [0.717, 1.165) is 19.1 Å². The first-order valence-corrected chi connectivity index (χ1v) is 7.02. The van der Waals surface area contributed by atoms with Crippen LogP contribution in [0.1, 0.15) is 40.5 Å². The third kappa shape index (κ3) is 4.57. The molecule has 1 aliphatic heterocycles. The van der Waals surface area contributed by atoms with E-state index in [-0.39, 0.29) is 11.5 Å². The summed E-state index contributed by atoms with van der Waals surface area (Å²) in [6.45, 7) is 13.6. The zero-order chi connectivity index (χ0) is 13.1. The van der Waals surface area contributed by atoms with Gasteiger partial charge < -0.3 is 10.6 Å². The van der Waals surface area contributed by atoms with Crippen LogP contribution in [-0.2, 0) is 0 Å². The van der Waals surface area contributed by atoms with Gasteiger partial charge in [-0.25, -0.2) is 0 Å². The maximum atomic E-state index is 6.24. The smallest absolute Gasteiger partial charge is 0.0223 e. The summed E-state index contributed by atoms with van der Waals surface area (Å²) < 4.78 is 0. The predicted octanol–water partition coefficient (Wildman–Crippen LogP) is 1.78. The van der Waals surface area contributed by atoms with Gasteiger partial charge in [-0.15, -0.1) is 0 Å². The van der Waals surface area contributed by atoms with E-state index in [1.807, 2.05) is 0 Å². The van der Waals surface area contributed by atoms with E-state index in [0.29, 0.717) is 0 Å². The van der Waals surface area contributed by atoms with Crippen LogP contribution in [0.2, 0.25) is 0 Å². The van der Waals surface area contributed by atoms with Crippen LogP contribution < -0.4 is 5.73 Å². The van der Waals surface area contributed by atoms with Crippen molar-refractivity contribution in [2.45, 2.75) is 52.6 Å². The van der Waals surface area contributed by atoms with E-state index in [4.69, 9.17) is 5.73 Å². The van der Waals surface area contributed by atoms with Crippen molar-refractivity contribution in [2.75, 3.05) is 33.2 Å². The van der Waals surface area contributed by atoms with Gasteiger partial charge in [-0.05, 0) is 38.4 Å². The van der Waals surface area contributed by atoms with Crippen molar-refractivity contribution >= 4 is 0 Å². The Bertz CT molecular complexity index is 222. The quantitative estimate of drug-likeness (QED) is 0.796. The fraction of sp³-hybridized carbons (Fsp3) is 1.00. The first-order valence-electron chi connectivity index (χ1n) is 7.02. The summed E-state index contributed by atoms with van der Waals surface area (Å²) in [6.07, 6.45) is 2.71. The van der Waals surface area contributed by atoms with E-state index >= 15 is 0 Å². The van der Waals surface area contributed by atoms with Crippen LogP contribution in [0.4, 0.5) is 0 Å². The maximum Gasteiger partial charge on any atom is 0.0223 e. The van der Waals surface area contributed by atoms with Crippen molar-refractivity contribution in [2.24, 2.45) is 11.1 Å². The Kier molecular flexibility index (Phi) is 5.42. The molecule has 17 heavy (non-hydrogen) atoms. The number of likely N-dealkylation sites (tertiary alicyclic amines) is 1. The summed E-state index contributed by atoms with van der Waals surface area (Å²) in [6, 6.07) is 1.00. The van der Waals surface area contributed by atoms with Gasteiger partial charge in [0.15, 0.2) is 0 Å². The van der Waals surface area contributed by atoms with Crippen molar-refractivity contribution in [3.8, 4) is 0 Å². The summed E-state index contributed by atoms with van der Waals surface area (Å²) in [5, 5.41) is 0. The fourth-order valence-electron chi connectivity index (χ4n) is 2.56. The summed E-state index contributed by atoms with van der Waals surface area (Å²) in [5.41, 5.74) is 6.44. The molecule has 1 heterocycles. The molecular weight excluding hydrogens is 210 g/mol. The van der Waals surface area contributed by atoms with Gasteiger partial charge in [0.2, 0.25) is 0 Å². The summed E-state index contributed by atoms with van der Waals surface area (Å²) in [7, 11) is 2.21. The molecule has 1 rings (SSSR count). The Hall–Kier alpha value is -0.120. The fourth-order valence-corrected chi connectivity index (χ4v) is 2.56. The van der Waals surface area contributed by atoms with Gasteiger partial charge in [-0.1, -0.05) is 27.7 Å². The van der Waals surface area contributed by atoms with Gasteiger partial charge >= 0.3 is 0 Å². The van der Waals surface area contributed by atoms with Crippen LogP contribution >= 0.6 is 0 Å². The molecule has 2 atom stereocenters. The molecule has 0 saturated carbocycles. The lowest BCUT2D eigenvalue weighted by Gasteiger charge is -2.33. The highest BCUT2D eigenvalue weighted by molar-refractivity contribution is 4.84. The number of nitrogens with zero attached hydrogens (tertiary/aromatic N) is 2. The summed E-state index contributed by atoms with van der Waals surface area (Å²) >= 11 is 0. The highest BCUT2D eigenvalue weighted by Crippen LogP contribution is 2.20. The van der Waals surface area contributed by atoms with Crippen LogP contribution in [0, 0.1) is 5.41 Å². The van der Waals surface area contributed by atoms with E-state index in [1.165, 1.54) is 25.9 Å². The lowest BCUT2D eigenvalue weighted by molar-refractivity contribution is 0.171. The molecule has 1 unspecified atom stereocenters. The van der Waals surface area contributed by atoms with E-state index in [1.54, 1.807) is 0 Å². The largest absolute Gasteiger partial charge is 0.326 e. The molecule has 0 aromatic heterocycles. The SMILES string of the molecule is CCN1CCCC1CN(C)C[C@H](N)C(C)(C)C. The standard InChI is InChI=1S/C14H31N3/c1-6-17-9-7-8-12(17)10-16(5)11-13(15)14(2,3)4/h12-13H,6-11,15H2,1-5H3/t12?,13-/m0/s1. The van der Waals surface area contributed by atoms with Gasteiger partial charge in [0.25, 0.3) is 0 Å². The lowest BCUT2D eigenvalue weighted by atomic mass is 9.87. The molecule has 1 fully saturated rings. The first-order chi connectivity index (χ1) is 7.84. The molecule has 102 valence electrons. The zero-order valence-corrected chi connectivity index (χ0v) is 12.4. The molecule has 1 aliphatic rings. The third-order valence-corrected chi connectivity index (χ3v) is 4.05. The number of hydrogen-bond donors (Lipinski definition) is 1.